The highest BCUT2D eigenvalue weighted by atomic mass is 16.3. The van der Waals surface area contributed by atoms with Crippen LogP contribution in [0.2, 0.25) is 0 Å². The van der Waals surface area contributed by atoms with Crippen LogP contribution in [-0.2, 0) is 4.79 Å². The molecule has 8 nitrogen and oxygen atoms in total. The minimum atomic E-state index is -0.370. The van der Waals surface area contributed by atoms with Crippen LogP contribution in [-0.4, -0.2) is 58.2 Å². The fourth-order valence-corrected chi connectivity index (χ4v) is 4.46. The van der Waals surface area contributed by atoms with Crippen molar-refractivity contribution in [1.29, 1.82) is 0 Å². The number of hydrogen-bond acceptors (Lipinski definition) is 6. The van der Waals surface area contributed by atoms with Gasteiger partial charge in [-0.25, -0.2) is 10.8 Å². The molecule has 144 valence electrons. The van der Waals surface area contributed by atoms with Crippen molar-refractivity contribution in [3.8, 4) is 0 Å². The van der Waals surface area contributed by atoms with Crippen LogP contribution in [0.1, 0.15) is 37.7 Å². The first kappa shape index (κ1) is 17.9. The number of carbonyl (C=O) groups is 1. The van der Waals surface area contributed by atoms with Gasteiger partial charge in [0, 0.05) is 36.7 Å². The molecule has 1 aliphatic carbocycles. The Balaban J connectivity index is 1.49. The van der Waals surface area contributed by atoms with Crippen LogP contribution in [0.25, 0.3) is 5.70 Å². The molecule has 1 amide bonds. The van der Waals surface area contributed by atoms with Crippen molar-refractivity contribution in [2.45, 2.75) is 38.2 Å². The summed E-state index contributed by atoms with van der Waals surface area (Å²) in [5, 5.41) is 11.2. The van der Waals surface area contributed by atoms with E-state index >= 15 is 0 Å². The van der Waals surface area contributed by atoms with Gasteiger partial charge in [-0.05, 0) is 44.9 Å². The first-order valence-electron chi connectivity index (χ1n) is 9.52. The van der Waals surface area contributed by atoms with Crippen molar-refractivity contribution in [2.24, 2.45) is 27.7 Å². The van der Waals surface area contributed by atoms with Gasteiger partial charge >= 0.3 is 0 Å². The number of aromatic nitrogens is 1. The van der Waals surface area contributed by atoms with Gasteiger partial charge in [0.15, 0.2) is 0 Å². The lowest BCUT2D eigenvalue weighted by molar-refractivity contribution is -0.136. The molecule has 0 spiro atoms. The smallest absolute Gasteiger partial charge is 0.225 e. The quantitative estimate of drug-likeness (QED) is 0.555. The van der Waals surface area contributed by atoms with E-state index in [0.717, 1.165) is 48.5 Å². The Kier molecular flexibility index (Phi) is 4.84. The van der Waals surface area contributed by atoms with Crippen LogP contribution in [0.15, 0.2) is 27.9 Å². The van der Waals surface area contributed by atoms with Crippen LogP contribution in [0.5, 0.6) is 0 Å². The number of nitrogens with two attached hydrogens (primary N) is 1. The van der Waals surface area contributed by atoms with Crippen molar-refractivity contribution in [1.82, 2.24) is 14.9 Å². The number of aromatic amines is 1. The van der Waals surface area contributed by atoms with Crippen molar-refractivity contribution in [3.63, 3.8) is 0 Å². The molecule has 0 unspecified atom stereocenters. The highest BCUT2D eigenvalue weighted by molar-refractivity contribution is 5.87. The van der Waals surface area contributed by atoms with E-state index in [1.807, 2.05) is 17.2 Å². The van der Waals surface area contributed by atoms with E-state index < -0.39 is 0 Å². The van der Waals surface area contributed by atoms with Crippen molar-refractivity contribution >= 4 is 30.5 Å². The van der Waals surface area contributed by atoms with Gasteiger partial charge in [0.25, 0.3) is 0 Å². The number of β-amino-alcohol motifs (C(OH)–C–C–N with tert-alkyl or cyclic N) is 1. The summed E-state index contributed by atoms with van der Waals surface area (Å²) >= 11 is 0. The number of amides is 1. The fourth-order valence-electron chi connectivity index (χ4n) is 4.46. The molecule has 2 aliphatic heterocycles. The summed E-state index contributed by atoms with van der Waals surface area (Å²) in [6, 6.07) is 1.94. The van der Waals surface area contributed by atoms with E-state index in [4.69, 9.17) is 5.84 Å². The molecular weight excluding hydrogens is 344 g/mol. The molecule has 1 aromatic heterocycles. The average molecular weight is 370 g/mol. The number of rotatable bonds is 3. The molecule has 3 aliphatic rings. The summed E-state index contributed by atoms with van der Waals surface area (Å²) in [7, 11) is 0. The summed E-state index contributed by atoms with van der Waals surface area (Å²) in [4.78, 5) is 26.2. The summed E-state index contributed by atoms with van der Waals surface area (Å²) in [6.45, 7) is 4.92. The second kappa shape index (κ2) is 7.28. The molecule has 8 heteroatoms. The summed E-state index contributed by atoms with van der Waals surface area (Å²) in [5.41, 5.74) is 2.62. The van der Waals surface area contributed by atoms with Crippen LogP contribution < -0.4 is 5.84 Å². The highest BCUT2D eigenvalue weighted by Gasteiger charge is 2.35. The van der Waals surface area contributed by atoms with Gasteiger partial charge in [-0.1, -0.05) is 0 Å². The Morgan fingerprint density at radius 2 is 2.04 bits per heavy atom. The van der Waals surface area contributed by atoms with Crippen LogP contribution in [0, 0.1) is 11.8 Å². The van der Waals surface area contributed by atoms with Gasteiger partial charge < -0.3 is 15.0 Å². The SMILES string of the molecule is C=N/C(=C1/c2cc[nH]c2N=CN1N)[C@H]1CC[C@H](C(=O)N2CC[C@H](O)C2)CC1. The second-order valence-electron chi connectivity index (χ2n) is 7.56. The highest BCUT2D eigenvalue weighted by Crippen LogP contribution is 2.40. The summed E-state index contributed by atoms with van der Waals surface area (Å²) in [5.74, 6) is 7.35. The zero-order chi connectivity index (χ0) is 19.0. The third-order valence-corrected chi connectivity index (χ3v) is 5.90. The lowest BCUT2D eigenvalue weighted by Gasteiger charge is -2.32. The number of hydrazine groups is 1. The molecule has 1 saturated heterocycles. The molecule has 4 rings (SSSR count). The van der Waals surface area contributed by atoms with Gasteiger partial charge in [0.1, 0.15) is 12.2 Å². The molecule has 0 aromatic carbocycles. The molecule has 2 fully saturated rings. The molecule has 1 aromatic rings. The van der Waals surface area contributed by atoms with Crippen molar-refractivity contribution < 1.29 is 9.90 Å². The number of aliphatic hydroxyl groups is 1. The third kappa shape index (κ3) is 3.30. The summed E-state index contributed by atoms with van der Waals surface area (Å²) in [6.07, 6.45) is 7.11. The topological polar surface area (TPSA) is 110 Å². The van der Waals surface area contributed by atoms with Gasteiger partial charge in [-0.15, -0.1) is 0 Å². The maximum absolute atomic E-state index is 12.7. The molecular formula is C19H26N6O2. The minimum absolute atomic E-state index is 0.0346. The van der Waals surface area contributed by atoms with E-state index in [0.29, 0.717) is 19.5 Å². The predicted octanol–water partition coefficient (Wildman–Crippen LogP) is 1.63. The maximum Gasteiger partial charge on any atom is 0.225 e. The van der Waals surface area contributed by atoms with Crippen molar-refractivity contribution in [2.75, 3.05) is 13.1 Å². The first-order valence-corrected chi connectivity index (χ1v) is 9.52. The molecule has 1 atom stereocenters. The third-order valence-electron chi connectivity index (χ3n) is 5.90. The van der Waals surface area contributed by atoms with E-state index in [1.165, 1.54) is 5.01 Å². The Labute approximate surface area is 158 Å². The molecule has 0 radical (unpaired) electrons. The van der Waals surface area contributed by atoms with Crippen LogP contribution in [0.3, 0.4) is 0 Å². The van der Waals surface area contributed by atoms with Crippen LogP contribution in [0.4, 0.5) is 5.82 Å². The number of hydrogen-bond donors (Lipinski definition) is 3. The Morgan fingerprint density at radius 1 is 1.30 bits per heavy atom. The minimum Gasteiger partial charge on any atom is -0.391 e. The fraction of sp³-hybridized carbons (Fsp3) is 0.526. The van der Waals surface area contributed by atoms with E-state index in [-0.39, 0.29) is 23.8 Å². The number of H-pyrrole nitrogens is 1. The Morgan fingerprint density at radius 3 is 2.70 bits per heavy atom. The van der Waals surface area contributed by atoms with Gasteiger partial charge in [0.2, 0.25) is 5.91 Å². The Hall–Kier alpha value is -2.45. The number of aliphatic hydroxyl groups excluding tert-OH is 1. The normalized spacial score (nSPS) is 29.6. The number of aliphatic imine (C=N–C) groups is 2. The maximum atomic E-state index is 12.7. The molecule has 4 N–H and O–H groups in total. The largest absolute Gasteiger partial charge is 0.391 e. The van der Waals surface area contributed by atoms with E-state index in [9.17, 15) is 9.90 Å². The monoisotopic (exact) mass is 370 g/mol. The molecule has 0 bridgehead atoms. The number of fused-ring (bicyclic) bond motifs is 1. The molecule has 27 heavy (non-hydrogen) atoms. The number of nitrogens with one attached hydrogen (secondary N) is 1. The number of nitrogens with zero attached hydrogens (tertiary/aromatic N) is 4. The van der Waals surface area contributed by atoms with E-state index in [1.54, 1.807) is 6.34 Å². The lowest BCUT2D eigenvalue weighted by atomic mass is 9.79. The number of allylic oxidation sites excluding steroid dienone is 1. The zero-order valence-electron chi connectivity index (χ0n) is 15.3. The zero-order valence-corrected chi connectivity index (χ0v) is 15.3. The molecule has 1 saturated carbocycles. The summed E-state index contributed by atoms with van der Waals surface area (Å²) < 4.78 is 0. The Bertz CT molecular complexity index is 790. The van der Waals surface area contributed by atoms with E-state index in [2.05, 4.69) is 21.7 Å². The first-order chi connectivity index (χ1) is 13.1. The second-order valence-corrected chi connectivity index (χ2v) is 7.56. The van der Waals surface area contributed by atoms with Crippen LogP contribution >= 0.6 is 0 Å². The molecule has 3 heterocycles. The number of likely N-dealkylation sites (tertiary alicyclic amines) is 1. The van der Waals surface area contributed by atoms with Gasteiger partial charge in [-0.2, -0.15) is 0 Å². The number of carbonyl (C=O) groups excluding carboxylic acids is 1. The standard InChI is InChI=1S/C19H26N6O2/c1-21-16(17-15-6-8-22-18(15)23-11-25(17)20)12-2-4-13(5-3-12)19(27)24-9-7-14(26)10-24/h6,8,11-14,22,26H,1-5,7,9-10,20H2/b17-16-/t12-,13-,14-/m0/s1. The van der Waals surface area contributed by atoms with Gasteiger partial charge in [-0.3, -0.25) is 14.8 Å². The predicted molar refractivity (Wildman–Crippen MR) is 104 cm³/mol. The average Bonchev–Trinajstić information content (AvgIpc) is 3.33. The lowest BCUT2D eigenvalue weighted by Crippen LogP contribution is -2.37. The van der Waals surface area contributed by atoms with Crippen molar-refractivity contribution in [3.05, 3.63) is 23.5 Å². The van der Waals surface area contributed by atoms with Gasteiger partial charge in [0.05, 0.1) is 17.5 Å².